The van der Waals surface area contributed by atoms with Crippen molar-refractivity contribution in [2.24, 2.45) is 0 Å². The van der Waals surface area contributed by atoms with E-state index in [9.17, 15) is 9.18 Å². The van der Waals surface area contributed by atoms with Gasteiger partial charge in [0, 0.05) is 24.4 Å². The van der Waals surface area contributed by atoms with Crippen LogP contribution < -0.4 is 0 Å². The van der Waals surface area contributed by atoms with Crippen LogP contribution in [0.15, 0.2) is 47.7 Å². The van der Waals surface area contributed by atoms with Crippen LogP contribution in [-0.4, -0.2) is 29.1 Å². The summed E-state index contributed by atoms with van der Waals surface area (Å²) < 4.78 is 19.5. The van der Waals surface area contributed by atoms with Gasteiger partial charge in [-0.1, -0.05) is 18.6 Å². The average Bonchev–Trinajstić information content (AvgIpc) is 2.99. The van der Waals surface area contributed by atoms with Crippen molar-refractivity contribution >= 4 is 5.97 Å². The molecule has 1 aromatic carbocycles. The molecule has 0 radical (unpaired) electrons. The summed E-state index contributed by atoms with van der Waals surface area (Å²) in [6.07, 6.45) is 14.0. The lowest BCUT2D eigenvalue weighted by atomic mass is 9.77. The number of fused-ring (bicyclic) bond motifs is 1. The molecule has 4 aliphatic rings. The Morgan fingerprint density at radius 3 is 2.61 bits per heavy atom. The van der Waals surface area contributed by atoms with E-state index in [1.807, 2.05) is 12.1 Å². The van der Waals surface area contributed by atoms with Crippen molar-refractivity contribution in [1.82, 2.24) is 4.90 Å². The Balaban J connectivity index is 1.27. The van der Waals surface area contributed by atoms with E-state index < -0.39 is 0 Å². The Bertz CT molecular complexity index is 829. The predicted octanol–water partition coefficient (Wildman–Crippen LogP) is 5.24. The molecule has 2 aliphatic heterocycles. The van der Waals surface area contributed by atoms with Gasteiger partial charge in [-0.25, -0.2) is 9.18 Å². The molecular formula is C24H28FNO2. The number of hydrogen-bond acceptors (Lipinski definition) is 3. The van der Waals surface area contributed by atoms with Gasteiger partial charge in [0.05, 0.1) is 5.57 Å². The standard InChI is InChI=1S/C24H28FNO2/c25-19-6-4-5-18(15-19)17-7-9-20(10-8-17)26-14-11-21-22(16-26)24(28-23(21)27)12-2-1-3-13-24/h4-6,11,14-15,17,20H,1-3,7-10,12-13,16H2. The van der Waals surface area contributed by atoms with Gasteiger partial charge >= 0.3 is 5.97 Å². The molecule has 2 aliphatic carbocycles. The van der Waals surface area contributed by atoms with Gasteiger partial charge in [-0.3, -0.25) is 0 Å². The number of nitrogens with zero attached hydrogens (tertiary/aromatic N) is 1. The van der Waals surface area contributed by atoms with Gasteiger partial charge < -0.3 is 9.64 Å². The van der Waals surface area contributed by atoms with E-state index in [1.54, 1.807) is 6.07 Å². The molecule has 4 heteroatoms. The van der Waals surface area contributed by atoms with Gasteiger partial charge in [0.25, 0.3) is 0 Å². The fourth-order valence-electron chi connectivity index (χ4n) is 5.74. The molecule has 0 amide bonds. The first-order chi connectivity index (χ1) is 13.6. The first-order valence-electron chi connectivity index (χ1n) is 10.8. The van der Waals surface area contributed by atoms with Crippen LogP contribution in [0.5, 0.6) is 0 Å². The van der Waals surface area contributed by atoms with Gasteiger partial charge in [0.1, 0.15) is 11.4 Å². The van der Waals surface area contributed by atoms with E-state index in [-0.39, 0.29) is 17.4 Å². The summed E-state index contributed by atoms with van der Waals surface area (Å²) in [4.78, 5) is 14.8. The van der Waals surface area contributed by atoms with Crippen LogP contribution in [0.1, 0.15) is 69.3 Å². The van der Waals surface area contributed by atoms with E-state index in [0.29, 0.717) is 12.0 Å². The highest BCUT2D eigenvalue weighted by molar-refractivity contribution is 5.96. The Morgan fingerprint density at radius 2 is 1.86 bits per heavy atom. The second-order valence-electron chi connectivity index (χ2n) is 8.89. The third kappa shape index (κ3) is 3.07. The predicted molar refractivity (Wildman–Crippen MR) is 106 cm³/mol. The van der Waals surface area contributed by atoms with Crippen molar-refractivity contribution in [3.63, 3.8) is 0 Å². The van der Waals surface area contributed by atoms with Crippen LogP contribution in [0.4, 0.5) is 4.39 Å². The Morgan fingerprint density at radius 1 is 1.07 bits per heavy atom. The smallest absolute Gasteiger partial charge is 0.339 e. The molecule has 0 N–H and O–H groups in total. The zero-order valence-electron chi connectivity index (χ0n) is 16.3. The number of rotatable bonds is 2. The van der Waals surface area contributed by atoms with Crippen molar-refractivity contribution < 1.29 is 13.9 Å². The molecule has 2 fully saturated rings. The van der Waals surface area contributed by atoms with Crippen molar-refractivity contribution in [3.8, 4) is 0 Å². The molecule has 0 saturated heterocycles. The van der Waals surface area contributed by atoms with Gasteiger partial charge in [0.15, 0.2) is 0 Å². The second kappa shape index (κ2) is 7.06. The topological polar surface area (TPSA) is 29.5 Å². The number of halogens is 1. The minimum absolute atomic E-state index is 0.123. The maximum absolute atomic E-state index is 13.6. The maximum atomic E-state index is 13.6. The van der Waals surface area contributed by atoms with Crippen molar-refractivity contribution in [3.05, 3.63) is 59.1 Å². The lowest BCUT2D eigenvalue weighted by Gasteiger charge is -2.41. The summed E-state index contributed by atoms with van der Waals surface area (Å²) in [6, 6.07) is 7.58. The van der Waals surface area contributed by atoms with E-state index in [1.165, 1.54) is 18.1 Å². The molecular weight excluding hydrogens is 353 g/mol. The Hall–Kier alpha value is -2.10. The summed E-state index contributed by atoms with van der Waals surface area (Å²) in [5.74, 6) is 0.195. The summed E-state index contributed by atoms with van der Waals surface area (Å²) in [5, 5.41) is 0. The number of hydrogen-bond donors (Lipinski definition) is 0. The quantitative estimate of drug-likeness (QED) is 0.657. The van der Waals surface area contributed by atoms with E-state index >= 15 is 0 Å². The van der Waals surface area contributed by atoms with Crippen LogP contribution in [0.2, 0.25) is 0 Å². The Kier molecular flexibility index (Phi) is 4.53. The molecule has 3 nitrogen and oxygen atoms in total. The van der Waals surface area contributed by atoms with E-state index in [0.717, 1.165) is 69.0 Å². The molecule has 2 saturated carbocycles. The third-order valence-electron chi connectivity index (χ3n) is 7.30. The maximum Gasteiger partial charge on any atom is 0.339 e. The van der Waals surface area contributed by atoms with Crippen molar-refractivity contribution in [2.75, 3.05) is 6.54 Å². The number of carbonyl (C=O) groups is 1. The minimum Gasteiger partial charge on any atom is -0.451 e. The van der Waals surface area contributed by atoms with Crippen molar-refractivity contribution in [1.29, 1.82) is 0 Å². The van der Waals surface area contributed by atoms with Crippen molar-refractivity contribution in [2.45, 2.75) is 75.3 Å². The fourth-order valence-corrected chi connectivity index (χ4v) is 5.74. The van der Waals surface area contributed by atoms with Gasteiger partial charge in [-0.05, 0) is 81.1 Å². The summed E-state index contributed by atoms with van der Waals surface area (Å²) in [5.41, 5.74) is 2.85. The first kappa shape index (κ1) is 18.0. The normalized spacial score (nSPS) is 29.2. The van der Waals surface area contributed by atoms with Gasteiger partial charge in [-0.2, -0.15) is 0 Å². The van der Waals surface area contributed by atoms with E-state index in [2.05, 4.69) is 17.2 Å². The zero-order chi connectivity index (χ0) is 19.1. The highest BCUT2D eigenvalue weighted by Crippen LogP contribution is 2.46. The highest BCUT2D eigenvalue weighted by atomic mass is 19.1. The Labute approximate surface area is 166 Å². The molecule has 28 heavy (non-hydrogen) atoms. The molecule has 1 aromatic rings. The van der Waals surface area contributed by atoms with E-state index in [4.69, 9.17) is 4.74 Å². The monoisotopic (exact) mass is 381 g/mol. The number of esters is 1. The van der Waals surface area contributed by atoms with Crippen LogP contribution in [-0.2, 0) is 9.53 Å². The third-order valence-corrected chi connectivity index (χ3v) is 7.30. The lowest BCUT2D eigenvalue weighted by Crippen LogP contribution is -2.42. The minimum atomic E-state index is -0.327. The lowest BCUT2D eigenvalue weighted by molar-refractivity contribution is -0.149. The van der Waals surface area contributed by atoms with Crippen LogP contribution in [0, 0.1) is 5.82 Å². The first-order valence-corrected chi connectivity index (χ1v) is 10.8. The summed E-state index contributed by atoms with van der Waals surface area (Å²) in [6.45, 7) is 0.826. The number of ether oxygens (including phenoxy) is 1. The highest BCUT2D eigenvalue weighted by Gasteiger charge is 2.48. The molecule has 5 rings (SSSR count). The largest absolute Gasteiger partial charge is 0.451 e. The number of carbonyl (C=O) groups excluding carboxylic acids is 1. The number of benzene rings is 1. The molecule has 148 valence electrons. The molecule has 0 aromatic heterocycles. The van der Waals surface area contributed by atoms with Crippen LogP contribution >= 0.6 is 0 Å². The summed E-state index contributed by atoms with van der Waals surface area (Å²) >= 11 is 0. The van der Waals surface area contributed by atoms with Crippen LogP contribution in [0.25, 0.3) is 0 Å². The molecule has 2 heterocycles. The molecule has 0 unspecified atom stereocenters. The molecule has 0 bridgehead atoms. The summed E-state index contributed by atoms with van der Waals surface area (Å²) in [7, 11) is 0. The molecule has 1 spiro atoms. The average molecular weight is 381 g/mol. The molecule has 0 atom stereocenters. The fraction of sp³-hybridized carbons (Fsp3) is 0.542. The zero-order valence-corrected chi connectivity index (χ0v) is 16.3. The second-order valence-corrected chi connectivity index (χ2v) is 8.89. The van der Waals surface area contributed by atoms with Gasteiger partial charge in [-0.15, -0.1) is 0 Å². The van der Waals surface area contributed by atoms with Gasteiger partial charge in [0.2, 0.25) is 0 Å². The SMILES string of the molecule is O=C1OC2(CCCCC2)C2=C1C=CN(C1CCC(c3cccc(F)c3)CC1)C2. The van der Waals surface area contributed by atoms with Crippen LogP contribution in [0.3, 0.4) is 0 Å².